The zero-order chi connectivity index (χ0) is 13.9. The van der Waals surface area contributed by atoms with Crippen LogP contribution in [0.5, 0.6) is 0 Å². The number of hydrogen-bond acceptors (Lipinski definition) is 4. The fourth-order valence-corrected chi connectivity index (χ4v) is 3.20. The Balaban J connectivity index is 1.79. The van der Waals surface area contributed by atoms with Crippen molar-refractivity contribution in [1.82, 2.24) is 4.90 Å². The average Bonchev–Trinajstić information content (AvgIpc) is 2.50. The van der Waals surface area contributed by atoms with Gasteiger partial charge in [-0.2, -0.15) is 0 Å². The van der Waals surface area contributed by atoms with Crippen LogP contribution in [0, 0.1) is 0 Å². The molecule has 2 heterocycles. The number of hydrogen-bond donors (Lipinski definition) is 1. The van der Waals surface area contributed by atoms with Gasteiger partial charge in [0.15, 0.2) is 0 Å². The molecular formula is C16H26N4. The summed E-state index contributed by atoms with van der Waals surface area (Å²) in [5, 5.41) is 0. The maximum absolute atomic E-state index is 6.21. The first-order valence-corrected chi connectivity index (χ1v) is 7.82. The molecule has 20 heavy (non-hydrogen) atoms. The molecule has 0 saturated carbocycles. The zero-order valence-electron chi connectivity index (χ0n) is 12.5. The van der Waals surface area contributed by atoms with E-state index in [1.807, 2.05) is 0 Å². The third-order valence-corrected chi connectivity index (χ3v) is 4.58. The van der Waals surface area contributed by atoms with Crippen molar-refractivity contribution >= 4 is 17.1 Å². The monoisotopic (exact) mass is 274 g/mol. The van der Waals surface area contributed by atoms with Crippen molar-refractivity contribution in [1.29, 1.82) is 0 Å². The summed E-state index contributed by atoms with van der Waals surface area (Å²) < 4.78 is 0. The van der Waals surface area contributed by atoms with Crippen molar-refractivity contribution in [3.8, 4) is 0 Å². The van der Waals surface area contributed by atoms with Gasteiger partial charge in [0.1, 0.15) is 0 Å². The molecule has 2 N–H and O–H groups in total. The molecule has 2 aliphatic heterocycles. The van der Waals surface area contributed by atoms with E-state index >= 15 is 0 Å². The Bertz CT molecular complexity index is 446. The number of rotatable bonds is 2. The highest BCUT2D eigenvalue weighted by Crippen LogP contribution is 2.30. The molecule has 0 unspecified atom stereocenters. The molecule has 2 fully saturated rings. The van der Waals surface area contributed by atoms with Crippen molar-refractivity contribution in [3.63, 3.8) is 0 Å². The molecule has 2 aliphatic rings. The Kier molecular flexibility index (Phi) is 4.01. The van der Waals surface area contributed by atoms with E-state index in [1.165, 1.54) is 43.7 Å². The van der Waals surface area contributed by atoms with Crippen LogP contribution in [0.4, 0.5) is 17.1 Å². The minimum absolute atomic E-state index is 0.912. The maximum Gasteiger partial charge on any atom is 0.0621 e. The first-order chi connectivity index (χ1) is 9.74. The van der Waals surface area contributed by atoms with E-state index in [2.05, 4.69) is 39.9 Å². The molecule has 1 aromatic carbocycles. The number of nitrogens with zero attached hydrogens (tertiary/aromatic N) is 3. The summed E-state index contributed by atoms with van der Waals surface area (Å²) >= 11 is 0. The van der Waals surface area contributed by atoms with Crippen molar-refractivity contribution in [2.24, 2.45) is 0 Å². The normalized spacial score (nSPS) is 21.2. The molecule has 0 atom stereocenters. The van der Waals surface area contributed by atoms with Crippen LogP contribution in [-0.2, 0) is 0 Å². The van der Waals surface area contributed by atoms with Gasteiger partial charge in [0.05, 0.1) is 11.4 Å². The Morgan fingerprint density at radius 3 is 2.25 bits per heavy atom. The van der Waals surface area contributed by atoms with Crippen molar-refractivity contribution in [2.75, 3.05) is 61.8 Å². The van der Waals surface area contributed by atoms with E-state index in [-0.39, 0.29) is 0 Å². The van der Waals surface area contributed by atoms with Gasteiger partial charge in [-0.15, -0.1) is 0 Å². The molecule has 1 aromatic rings. The van der Waals surface area contributed by atoms with Gasteiger partial charge in [-0.1, -0.05) is 0 Å². The van der Waals surface area contributed by atoms with Gasteiger partial charge >= 0.3 is 0 Å². The average molecular weight is 274 g/mol. The molecule has 0 bridgehead atoms. The first kappa shape index (κ1) is 13.6. The van der Waals surface area contributed by atoms with Gasteiger partial charge in [0.2, 0.25) is 0 Å². The summed E-state index contributed by atoms with van der Waals surface area (Å²) in [5.74, 6) is 0. The fourth-order valence-electron chi connectivity index (χ4n) is 3.20. The summed E-state index contributed by atoms with van der Waals surface area (Å²) in [6.45, 7) is 6.76. The lowest BCUT2D eigenvalue weighted by Crippen LogP contribution is -2.44. The summed E-state index contributed by atoms with van der Waals surface area (Å²) in [6, 6.07) is 6.56. The van der Waals surface area contributed by atoms with E-state index in [9.17, 15) is 0 Å². The molecule has 0 spiro atoms. The second-order valence-corrected chi connectivity index (χ2v) is 6.08. The van der Waals surface area contributed by atoms with Crippen LogP contribution in [0.3, 0.4) is 0 Å². The number of piperazine rings is 1. The van der Waals surface area contributed by atoms with Crippen LogP contribution in [-0.4, -0.2) is 51.2 Å². The van der Waals surface area contributed by atoms with Gasteiger partial charge in [0.25, 0.3) is 0 Å². The summed E-state index contributed by atoms with van der Waals surface area (Å²) in [5.41, 5.74) is 9.69. The molecule has 110 valence electrons. The number of likely N-dealkylation sites (N-methyl/N-ethyl adjacent to an activating group) is 1. The van der Waals surface area contributed by atoms with Crippen LogP contribution >= 0.6 is 0 Å². The molecule has 4 heteroatoms. The largest absolute Gasteiger partial charge is 0.397 e. The van der Waals surface area contributed by atoms with Gasteiger partial charge in [-0.25, -0.2) is 0 Å². The minimum Gasteiger partial charge on any atom is -0.397 e. The Labute approximate surface area is 122 Å². The lowest BCUT2D eigenvalue weighted by molar-refractivity contribution is 0.313. The minimum atomic E-state index is 0.912. The predicted octanol–water partition coefficient (Wildman–Crippen LogP) is 2.01. The van der Waals surface area contributed by atoms with E-state index in [0.717, 1.165) is 31.9 Å². The van der Waals surface area contributed by atoms with Gasteiger partial charge in [0, 0.05) is 45.0 Å². The van der Waals surface area contributed by atoms with Crippen LogP contribution in [0.2, 0.25) is 0 Å². The molecule has 0 radical (unpaired) electrons. The number of benzene rings is 1. The Hall–Kier alpha value is -1.42. The maximum atomic E-state index is 6.21. The Morgan fingerprint density at radius 1 is 0.850 bits per heavy atom. The van der Waals surface area contributed by atoms with Crippen LogP contribution in [0.25, 0.3) is 0 Å². The molecule has 3 rings (SSSR count). The summed E-state index contributed by atoms with van der Waals surface area (Å²) in [4.78, 5) is 7.31. The van der Waals surface area contributed by atoms with Gasteiger partial charge in [-0.05, 0) is 44.5 Å². The van der Waals surface area contributed by atoms with Crippen LogP contribution < -0.4 is 15.5 Å². The second kappa shape index (κ2) is 5.92. The standard InChI is InChI=1S/C16H26N4/c1-18-9-11-20(12-10-18)16-13-14(5-6-15(16)17)19-7-3-2-4-8-19/h5-6,13H,2-4,7-12,17H2,1H3. The Morgan fingerprint density at radius 2 is 1.55 bits per heavy atom. The third kappa shape index (κ3) is 2.85. The number of anilines is 3. The number of piperidine rings is 1. The number of nitrogens with two attached hydrogens (primary N) is 1. The SMILES string of the molecule is CN1CCN(c2cc(N3CCCCC3)ccc2N)CC1. The summed E-state index contributed by atoms with van der Waals surface area (Å²) in [6.07, 6.45) is 4.00. The van der Waals surface area contributed by atoms with E-state index in [4.69, 9.17) is 5.73 Å². The highest BCUT2D eigenvalue weighted by Gasteiger charge is 2.18. The van der Waals surface area contributed by atoms with E-state index in [0.29, 0.717) is 0 Å². The fraction of sp³-hybridized carbons (Fsp3) is 0.625. The number of nitrogen functional groups attached to an aromatic ring is 1. The van der Waals surface area contributed by atoms with Crippen molar-refractivity contribution in [3.05, 3.63) is 18.2 Å². The third-order valence-electron chi connectivity index (χ3n) is 4.58. The quantitative estimate of drug-likeness (QED) is 0.837. The molecular weight excluding hydrogens is 248 g/mol. The van der Waals surface area contributed by atoms with E-state index in [1.54, 1.807) is 0 Å². The van der Waals surface area contributed by atoms with Gasteiger partial charge in [-0.3, -0.25) is 0 Å². The highest BCUT2D eigenvalue weighted by atomic mass is 15.3. The first-order valence-electron chi connectivity index (χ1n) is 7.82. The predicted molar refractivity (Wildman–Crippen MR) is 86.6 cm³/mol. The van der Waals surface area contributed by atoms with Gasteiger partial charge < -0.3 is 20.4 Å². The molecule has 4 nitrogen and oxygen atoms in total. The van der Waals surface area contributed by atoms with Crippen molar-refractivity contribution in [2.45, 2.75) is 19.3 Å². The smallest absolute Gasteiger partial charge is 0.0621 e. The molecule has 0 aromatic heterocycles. The lowest BCUT2D eigenvalue weighted by Gasteiger charge is -2.36. The molecule has 2 saturated heterocycles. The highest BCUT2D eigenvalue weighted by molar-refractivity contribution is 5.73. The second-order valence-electron chi connectivity index (χ2n) is 6.08. The zero-order valence-corrected chi connectivity index (χ0v) is 12.5. The van der Waals surface area contributed by atoms with Crippen LogP contribution in [0.1, 0.15) is 19.3 Å². The van der Waals surface area contributed by atoms with Crippen LogP contribution in [0.15, 0.2) is 18.2 Å². The summed E-state index contributed by atoms with van der Waals surface area (Å²) in [7, 11) is 2.19. The van der Waals surface area contributed by atoms with E-state index < -0.39 is 0 Å². The topological polar surface area (TPSA) is 35.7 Å². The van der Waals surface area contributed by atoms with Crippen molar-refractivity contribution < 1.29 is 0 Å². The lowest BCUT2D eigenvalue weighted by atomic mass is 10.1. The molecule has 0 aliphatic carbocycles. The molecule has 0 amide bonds.